The van der Waals surface area contributed by atoms with E-state index in [1.165, 1.54) is 0 Å². The fourth-order valence-electron chi connectivity index (χ4n) is 0.455. The van der Waals surface area contributed by atoms with Crippen LogP contribution in [0.15, 0.2) is 37.0 Å². The standard InChI is InChI=1S/C9H12O.C2H6/c1-3-4-5-6-7-8-9(2)10;1-2/h3-7H,1,8H2,2H3;1-2H3/b5-4-,7-6-;. The third kappa shape index (κ3) is 16.0. The summed E-state index contributed by atoms with van der Waals surface area (Å²) in [6.45, 7) is 9.08. The fraction of sp³-hybridized carbons (Fsp3) is 0.364. The van der Waals surface area contributed by atoms with Crippen molar-refractivity contribution in [2.75, 3.05) is 0 Å². The predicted octanol–water partition coefficient (Wildman–Crippen LogP) is 3.29. The van der Waals surface area contributed by atoms with Gasteiger partial charge < -0.3 is 0 Å². The van der Waals surface area contributed by atoms with Gasteiger partial charge in [0.2, 0.25) is 0 Å². The molecule has 0 fully saturated rings. The van der Waals surface area contributed by atoms with E-state index in [0.29, 0.717) is 6.42 Å². The van der Waals surface area contributed by atoms with E-state index in [4.69, 9.17) is 0 Å². The number of carbonyl (C=O) groups excluding carboxylic acids is 1. The molecule has 0 saturated heterocycles. The Hall–Kier alpha value is -1.11. The van der Waals surface area contributed by atoms with E-state index >= 15 is 0 Å². The molecule has 12 heavy (non-hydrogen) atoms. The van der Waals surface area contributed by atoms with E-state index in [1.54, 1.807) is 13.0 Å². The van der Waals surface area contributed by atoms with Gasteiger partial charge in [-0.3, -0.25) is 4.79 Å². The topological polar surface area (TPSA) is 17.1 Å². The normalized spacial score (nSPS) is 9.58. The van der Waals surface area contributed by atoms with Crippen LogP contribution in [0.2, 0.25) is 0 Å². The third-order valence-electron chi connectivity index (χ3n) is 0.900. The minimum atomic E-state index is 0.184. The molecule has 0 unspecified atom stereocenters. The van der Waals surface area contributed by atoms with Crippen LogP contribution in [0, 0.1) is 0 Å². The molecule has 1 heteroatoms. The first-order chi connectivity index (χ1) is 5.77. The monoisotopic (exact) mass is 166 g/mol. The zero-order valence-electron chi connectivity index (χ0n) is 8.21. The van der Waals surface area contributed by atoms with Crippen LogP contribution < -0.4 is 0 Å². The summed E-state index contributed by atoms with van der Waals surface area (Å²) in [6, 6.07) is 0. The van der Waals surface area contributed by atoms with Gasteiger partial charge in [-0.25, -0.2) is 0 Å². The highest BCUT2D eigenvalue weighted by molar-refractivity contribution is 5.76. The Balaban J connectivity index is 0. The van der Waals surface area contributed by atoms with Crippen molar-refractivity contribution in [3.8, 4) is 0 Å². The molecule has 0 amide bonds. The second-order valence-electron chi connectivity index (χ2n) is 1.95. The molecule has 0 atom stereocenters. The van der Waals surface area contributed by atoms with Crippen LogP contribution in [-0.4, -0.2) is 5.78 Å². The molecule has 68 valence electrons. The molecule has 1 nitrogen and oxygen atoms in total. The molecular weight excluding hydrogens is 148 g/mol. The maximum Gasteiger partial charge on any atom is 0.133 e. The lowest BCUT2D eigenvalue weighted by atomic mass is 10.3. The average Bonchev–Trinajstić information content (AvgIpc) is 2.07. The minimum Gasteiger partial charge on any atom is -0.300 e. The number of rotatable bonds is 4. The Morgan fingerprint density at radius 2 is 1.83 bits per heavy atom. The van der Waals surface area contributed by atoms with Gasteiger partial charge in [0.1, 0.15) is 5.78 Å². The Bertz CT molecular complexity index is 164. The van der Waals surface area contributed by atoms with E-state index < -0.39 is 0 Å². The summed E-state index contributed by atoms with van der Waals surface area (Å²) in [5.41, 5.74) is 0. The smallest absolute Gasteiger partial charge is 0.133 e. The zero-order chi connectivity index (χ0) is 9.82. The van der Waals surface area contributed by atoms with E-state index in [-0.39, 0.29) is 5.78 Å². The largest absolute Gasteiger partial charge is 0.300 e. The SMILES string of the molecule is C=C/C=C\C=C/CC(C)=O.CC. The van der Waals surface area contributed by atoms with Crippen molar-refractivity contribution >= 4 is 5.78 Å². The maximum absolute atomic E-state index is 10.4. The van der Waals surface area contributed by atoms with Gasteiger partial charge in [0.15, 0.2) is 0 Å². The third-order valence-corrected chi connectivity index (χ3v) is 0.900. The Kier molecular flexibility index (Phi) is 14.1. The lowest BCUT2D eigenvalue weighted by Gasteiger charge is -1.79. The number of hydrogen-bond donors (Lipinski definition) is 0. The van der Waals surface area contributed by atoms with Gasteiger partial charge in [-0.1, -0.05) is 50.8 Å². The second kappa shape index (κ2) is 12.6. The molecule has 0 aliphatic rings. The average molecular weight is 166 g/mol. The zero-order valence-corrected chi connectivity index (χ0v) is 8.21. The minimum absolute atomic E-state index is 0.184. The van der Waals surface area contributed by atoms with Crippen molar-refractivity contribution in [3.63, 3.8) is 0 Å². The van der Waals surface area contributed by atoms with Crippen molar-refractivity contribution in [3.05, 3.63) is 37.0 Å². The first kappa shape index (κ1) is 13.5. The van der Waals surface area contributed by atoms with Gasteiger partial charge in [0.05, 0.1) is 0 Å². The summed E-state index contributed by atoms with van der Waals surface area (Å²) in [5, 5.41) is 0. The van der Waals surface area contributed by atoms with Crippen LogP contribution in [0.3, 0.4) is 0 Å². The number of hydrogen-bond acceptors (Lipinski definition) is 1. The second-order valence-corrected chi connectivity index (χ2v) is 1.95. The molecule has 0 saturated carbocycles. The van der Waals surface area contributed by atoms with Crippen LogP contribution in [0.1, 0.15) is 27.2 Å². The molecular formula is C11H18O. The highest BCUT2D eigenvalue weighted by Crippen LogP contribution is 1.85. The Morgan fingerprint density at radius 3 is 2.25 bits per heavy atom. The van der Waals surface area contributed by atoms with E-state index in [1.807, 2.05) is 38.2 Å². The van der Waals surface area contributed by atoms with Crippen LogP contribution in [0.4, 0.5) is 0 Å². The Labute approximate surface area is 75.5 Å². The molecule has 0 aliphatic carbocycles. The van der Waals surface area contributed by atoms with Crippen molar-refractivity contribution in [1.82, 2.24) is 0 Å². The van der Waals surface area contributed by atoms with Gasteiger partial charge >= 0.3 is 0 Å². The van der Waals surface area contributed by atoms with Crippen molar-refractivity contribution in [1.29, 1.82) is 0 Å². The quantitative estimate of drug-likeness (QED) is 0.586. The fourth-order valence-corrected chi connectivity index (χ4v) is 0.455. The number of carbonyl (C=O) groups is 1. The van der Waals surface area contributed by atoms with Gasteiger partial charge in [0, 0.05) is 6.42 Å². The van der Waals surface area contributed by atoms with Crippen LogP contribution >= 0.6 is 0 Å². The molecule has 0 aromatic rings. The summed E-state index contributed by atoms with van der Waals surface area (Å²) in [7, 11) is 0. The van der Waals surface area contributed by atoms with Crippen molar-refractivity contribution in [2.45, 2.75) is 27.2 Å². The summed E-state index contributed by atoms with van der Waals surface area (Å²) < 4.78 is 0. The predicted molar refractivity (Wildman–Crippen MR) is 55.1 cm³/mol. The van der Waals surface area contributed by atoms with E-state index in [9.17, 15) is 4.79 Å². The molecule has 0 spiro atoms. The van der Waals surface area contributed by atoms with Crippen LogP contribution in [0.5, 0.6) is 0 Å². The number of allylic oxidation sites excluding steroid dienone is 5. The number of Topliss-reactive ketones (excluding diaryl/α,β-unsaturated/α-hetero) is 1. The molecule has 0 N–H and O–H groups in total. The summed E-state index contributed by atoms with van der Waals surface area (Å²) >= 11 is 0. The summed E-state index contributed by atoms with van der Waals surface area (Å²) in [6.07, 6.45) is 9.53. The first-order valence-electron chi connectivity index (χ1n) is 4.21. The van der Waals surface area contributed by atoms with E-state index in [2.05, 4.69) is 6.58 Å². The van der Waals surface area contributed by atoms with Gasteiger partial charge in [-0.2, -0.15) is 0 Å². The molecule has 0 heterocycles. The molecule has 0 aromatic heterocycles. The maximum atomic E-state index is 10.4. The van der Waals surface area contributed by atoms with Crippen molar-refractivity contribution in [2.24, 2.45) is 0 Å². The van der Waals surface area contributed by atoms with Gasteiger partial charge in [-0.15, -0.1) is 0 Å². The molecule has 0 aromatic carbocycles. The Morgan fingerprint density at radius 1 is 1.25 bits per heavy atom. The first-order valence-corrected chi connectivity index (χ1v) is 4.21. The van der Waals surface area contributed by atoms with Gasteiger partial charge in [0.25, 0.3) is 0 Å². The number of ketones is 1. The van der Waals surface area contributed by atoms with Crippen molar-refractivity contribution < 1.29 is 4.79 Å². The molecule has 0 aliphatic heterocycles. The lowest BCUT2D eigenvalue weighted by Crippen LogP contribution is -1.82. The van der Waals surface area contributed by atoms with Crippen LogP contribution in [0.25, 0.3) is 0 Å². The summed E-state index contributed by atoms with van der Waals surface area (Å²) in [5.74, 6) is 0.184. The van der Waals surface area contributed by atoms with E-state index in [0.717, 1.165) is 0 Å². The lowest BCUT2D eigenvalue weighted by molar-refractivity contribution is -0.116. The summed E-state index contributed by atoms with van der Waals surface area (Å²) in [4.78, 5) is 10.4. The molecule has 0 radical (unpaired) electrons. The van der Waals surface area contributed by atoms with Crippen LogP contribution in [-0.2, 0) is 4.79 Å². The highest BCUT2D eigenvalue weighted by Gasteiger charge is 1.82. The molecule has 0 bridgehead atoms. The van der Waals surface area contributed by atoms with Gasteiger partial charge in [-0.05, 0) is 6.92 Å². The highest BCUT2D eigenvalue weighted by atomic mass is 16.1. The molecule has 0 rings (SSSR count).